The summed E-state index contributed by atoms with van der Waals surface area (Å²) in [7, 11) is 0. The van der Waals surface area contributed by atoms with Crippen LogP contribution in [0, 0.1) is 6.42 Å². The van der Waals surface area contributed by atoms with Gasteiger partial charge in [0.25, 0.3) is 5.91 Å². The van der Waals surface area contributed by atoms with Crippen LogP contribution >= 0.6 is 0 Å². The summed E-state index contributed by atoms with van der Waals surface area (Å²) in [5.41, 5.74) is -0.348. The molecule has 1 spiro atoms. The fraction of sp³-hybridized carbons (Fsp3) is 0.812. The van der Waals surface area contributed by atoms with Crippen LogP contribution in [0.3, 0.4) is 0 Å². The first-order valence-electron chi connectivity index (χ1n) is 7.92. The van der Waals surface area contributed by atoms with Crippen molar-refractivity contribution in [2.24, 2.45) is 4.99 Å². The molecule has 1 aliphatic carbocycles. The van der Waals surface area contributed by atoms with Crippen LogP contribution in [0.4, 0.5) is 0 Å². The molecule has 0 unspecified atom stereocenters. The summed E-state index contributed by atoms with van der Waals surface area (Å²) < 4.78 is 0. The van der Waals surface area contributed by atoms with Crippen molar-refractivity contribution in [1.82, 2.24) is 4.90 Å². The SMILES string of the molecule is C[CH]CCCN1C(=O)C2(CCCC2)N=C1CCCC. The van der Waals surface area contributed by atoms with Crippen LogP contribution in [0.15, 0.2) is 4.99 Å². The van der Waals surface area contributed by atoms with E-state index in [2.05, 4.69) is 20.3 Å². The third-order valence-corrected chi connectivity index (χ3v) is 4.36. The minimum atomic E-state index is -0.348. The topological polar surface area (TPSA) is 32.7 Å². The van der Waals surface area contributed by atoms with Gasteiger partial charge in [-0.3, -0.25) is 14.7 Å². The van der Waals surface area contributed by atoms with Gasteiger partial charge in [0, 0.05) is 13.0 Å². The number of unbranched alkanes of at least 4 members (excludes halogenated alkanes) is 3. The van der Waals surface area contributed by atoms with Crippen LogP contribution in [0.5, 0.6) is 0 Å². The van der Waals surface area contributed by atoms with Crippen LogP contribution in [-0.2, 0) is 4.79 Å². The predicted molar refractivity (Wildman–Crippen MR) is 79.1 cm³/mol. The second kappa shape index (κ2) is 6.53. The van der Waals surface area contributed by atoms with E-state index < -0.39 is 0 Å². The van der Waals surface area contributed by atoms with E-state index in [1.165, 1.54) is 0 Å². The Morgan fingerprint density at radius 1 is 1.32 bits per heavy atom. The van der Waals surface area contributed by atoms with Gasteiger partial charge in [-0.15, -0.1) is 0 Å². The summed E-state index contributed by atoms with van der Waals surface area (Å²) in [5.74, 6) is 1.37. The summed E-state index contributed by atoms with van der Waals surface area (Å²) in [6.07, 6.45) is 11.8. The van der Waals surface area contributed by atoms with E-state index in [1.807, 2.05) is 4.90 Å². The molecule has 1 fully saturated rings. The average molecular weight is 263 g/mol. The minimum absolute atomic E-state index is 0.298. The molecule has 2 rings (SSSR count). The zero-order chi connectivity index (χ0) is 13.7. The van der Waals surface area contributed by atoms with Gasteiger partial charge in [0.05, 0.1) is 0 Å². The van der Waals surface area contributed by atoms with Crippen LogP contribution in [0.25, 0.3) is 0 Å². The number of nitrogens with zero attached hydrogens (tertiary/aromatic N) is 2. The lowest BCUT2D eigenvalue weighted by Gasteiger charge is -2.22. The van der Waals surface area contributed by atoms with Crippen molar-refractivity contribution < 1.29 is 4.79 Å². The molecule has 1 heterocycles. The highest BCUT2D eigenvalue weighted by Crippen LogP contribution is 2.39. The molecule has 19 heavy (non-hydrogen) atoms. The number of carbonyl (C=O) groups is 1. The Labute approximate surface area is 117 Å². The first kappa shape index (κ1) is 14.5. The fourth-order valence-corrected chi connectivity index (χ4v) is 3.22. The Kier molecular flexibility index (Phi) is 5.00. The Morgan fingerprint density at radius 2 is 2.05 bits per heavy atom. The summed E-state index contributed by atoms with van der Waals surface area (Å²) in [6.45, 7) is 5.13. The second-order valence-electron chi connectivity index (χ2n) is 5.88. The number of amides is 1. The molecule has 0 N–H and O–H groups in total. The maximum atomic E-state index is 12.7. The lowest BCUT2D eigenvalue weighted by molar-refractivity contribution is -0.131. The van der Waals surface area contributed by atoms with Crippen molar-refractivity contribution in [1.29, 1.82) is 0 Å². The van der Waals surface area contributed by atoms with E-state index in [0.29, 0.717) is 5.91 Å². The molecule has 1 saturated carbocycles. The molecule has 0 aromatic carbocycles. The van der Waals surface area contributed by atoms with Gasteiger partial charge in [-0.2, -0.15) is 0 Å². The van der Waals surface area contributed by atoms with Gasteiger partial charge in [0.15, 0.2) is 0 Å². The molecule has 2 aliphatic rings. The highest BCUT2D eigenvalue weighted by molar-refractivity contribution is 6.08. The first-order chi connectivity index (χ1) is 9.23. The maximum Gasteiger partial charge on any atom is 0.255 e. The molecule has 0 aromatic rings. The van der Waals surface area contributed by atoms with Gasteiger partial charge in [0.1, 0.15) is 11.4 Å². The van der Waals surface area contributed by atoms with Gasteiger partial charge in [-0.05, 0) is 38.5 Å². The van der Waals surface area contributed by atoms with Crippen molar-refractivity contribution in [3.63, 3.8) is 0 Å². The van der Waals surface area contributed by atoms with Gasteiger partial charge in [-0.1, -0.05) is 33.1 Å². The van der Waals surface area contributed by atoms with Gasteiger partial charge >= 0.3 is 0 Å². The lowest BCUT2D eigenvalue weighted by atomic mass is 9.98. The van der Waals surface area contributed by atoms with Crippen LogP contribution in [0.1, 0.15) is 71.6 Å². The van der Waals surface area contributed by atoms with Gasteiger partial charge in [0.2, 0.25) is 0 Å². The zero-order valence-corrected chi connectivity index (χ0v) is 12.5. The molecule has 3 nitrogen and oxygen atoms in total. The van der Waals surface area contributed by atoms with E-state index in [1.54, 1.807) is 0 Å². The molecule has 0 aromatic heterocycles. The normalized spacial score (nSPS) is 21.5. The molecule has 1 amide bonds. The molecule has 1 aliphatic heterocycles. The summed E-state index contributed by atoms with van der Waals surface area (Å²) >= 11 is 0. The van der Waals surface area contributed by atoms with Crippen LogP contribution in [-0.4, -0.2) is 28.7 Å². The zero-order valence-electron chi connectivity index (χ0n) is 12.5. The lowest BCUT2D eigenvalue weighted by Crippen LogP contribution is -2.41. The van der Waals surface area contributed by atoms with Crippen molar-refractivity contribution in [3.8, 4) is 0 Å². The monoisotopic (exact) mass is 263 g/mol. The second-order valence-corrected chi connectivity index (χ2v) is 5.88. The number of hydrogen-bond acceptors (Lipinski definition) is 2. The van der Waals surface area contributed by atoms with E-state index in [4.69, 9.17) is 4.99 Å². The highest BCUT2D eigenvalue weighted by Gasteiger charge is 2.48. The molecule has 0 saturated heterocycles. The predicted octanol–water partition coefficient (Wildman–Crippen LogP) is 3.73. The molecule has 3 heteroatoms. The molecular weight excluding hydrogens is 236 g/mol. The molecule has 0 bridgehead atoms. The van der Waals surface area contributed by atoms with Crippen LogP contribution in [0.2, 0.25) is 0 Å². The van der Waals surface area contributed by atoms with E-state index in [-0.39, 0.29) is 5.54 Å². The van der Waals surface area contributed by atoms with E-state index >= 15 is 0 Å². The Balaban J connectivity index is 2.06. The Hall–Kier alpha value is -0.860. The number of carbonyl (C=O) groups excluding carboxylic acids is 1. The van der Waals surface area contributed by atoms with Crippen molar-refractivity contribution in [2.75, 3.05) is 6.54 Å². The minimum Gasteiger partial charge on any atom is -0.298 e. The van der Waals surface area contributed by atoms with Crippen molar-refractivity contribution in [3.05, 3.63) is 6.42 Å². The van der Waals surface area contributed by atoms with Gasteiger partial charge < -0.3 is 0 Å². The molecule has 0 atom stereocenters. The highest BCUT2D eigenvalue weighted by atomic mass is 16.2. The smallest absolute Gasteiger partial charge is 0.255 e. The molecule has 107 valence electrons. The summed E-state index contributed by atoms with van der Waals surface area (Å²) in [4.78, 5) is 19.6. The van der Waals surface area contributed by atoms with Crippen molar-refractivity contribution in [2.45, 2.75) is 77.2 Å². The Morgan fingerprint density at radius 3 is 2.68 bits per heavy atom. The maximum absolute atomic E-state index is 12.7. The van der Waals surface area contributed by atoms with Crippen LogP contribution < -0.4 is 0 Å². The fourth-order valence-electron chi connectivity index (χ4n) is 3.22. The Bertz CT molecular complexity index is 343. The average Bonchev–Trinajstić information content (AvgIpc) is 2.98. The van der Waals surface area contributed by atoms with Crippen molar-refractivity contribution >= 4 is 11.7 Å². The largest absolute Gasteiger partial charge is 0.298 e. The third kappa shape index (κ3) is 3.01. The standard InChI is InChI=1S/C16H27N2O/c1-3-5-9-13-18-14(10-6-4-2)17-16(15(18)19)11-7-8-12-16/h3H,4-13H2,1-2H3. The van der Waals surface area contributed by atoms with E-state index in [9.17, 15) is 4.79 Å². The number of amidine groups is 1. The molecule has 1 radical (unpaired) electrons. The first-order valence-corrected chi connectivity index (χ1v) is 7.92. The molecular formula is C16H27N2O. The van der Waals surface area contributed by atoms with Gasteiger partial charge in [-0.25, -0.2) is 0 Å². The third-order valence-electron chi connectivity index (χ3n) is 4.36. The number of hydrogen-bond donors (Lipinski definition) is 0. The number of aliphatic imine (C=N–C) groups is 1. The summed E-state index contributed by atoms with van der Waals surface area (Å²) in [5, 5.41) is 0. The van der Waals surface area contributed by atoms with E-state index in [0.717, 1.165) is 70.2 Å². The number of rotatable bonds is 7. The quantitative estimate of drug-likeness (QED) is 0.644. The summed E-state index contributed by atoms with van der Waals surface area (Å²) in [6, 6.07) is 0.